The van der Waals surface area contributed by atoms with Crippen molar-refractivity contribution in [2.45, 2.75) is 12.5 Å². The number of imidazole rings is 1. The van der Waals surface area contributed by atoms with Gasteiger partial charge in [-0.15, -0.1) is 0 Å². The maximum Gasteiger partial charge on any atom is 0.268 e. The molecular weight excluding hydrogens is 270 g/mol. The first-order chi connectivity index (χ1) is 10.2. The van der Waals surface area contributed by atoms with Gasteiger partial charge in [-0.1, -0.05) is 18.2 Å². The number of hydrogen-bond acceptors (Lipinski definition) is 5. The van der Waals surface area contributed by atoms with E-state index in [1.165, 1.54) is 0 Å². The zero-order chi connectivity index (χ0) is 14.8. The number of hydrogen-bond donors (Lipinski definition) is 2. The number of nitrogens with zero attached hydrogens (tertiary/aromatic N) is 3. The lowest BCUT2D eigenvalue weighted by molar-refractivity contribution is -0.122. The van der Waals surface area contributed by atoms with Crippen LogP contribution in [0.3, 0.4) is 0 Å². The third-order valence-electron chi connectivity index (χ3n) is 3.10. The van der Waals surface area contributed by atoms with Gasteiger partial charge in [-0.3, -0.25) is 10.1 Å². The number of rotatable bonds is 2. The Bertz CT molecular complexity index is 740. The molecule has 1 atom stereocenters. The minimum absolute atomic E-state index is 0.0171. The Morgan fingerprint density at radius 2 is 2.19 bits per heavy atom. The van der Waals surface area contributed by atoms with Gasteiger partial charge in [-0.2, -0.15) is 10.5 Å². The van der Waals surface area contributed by atoms with Crippen molar-refractivity contribution in [1.29, 1.82) is 10.5 Å². The van der Waals surface area contributed by atoms with E-state index in [4.69, 9.17) is 15.3 Å². The fraction of sp³-hybridized carbons (Fsp3) is 0.143. The van der Waals surface area contributed by atoms with Crippen LogP contribution < -0.4 is 10.1 Å². The number of benzene rings is 1. The molecule has 3 rings (SSSR count). The number of aromatic amines is 1. The molecule has 0 aliphatic carbocycles. The zero-order valence-electron chi connectivity index (χ0n) is 10.8. The summed E-state index contributed by atoms with van der Waals surface area (Å²) in [6.07, 6.45) is -0.178. The van der Waals surface area contributed by atoms with Crippen LogP contribution in [0.1, 0.15) is 17.0 Å². The minimum Gasteiger partial charge on any atom is -0.480 e. The van der Waals surface area contributed by atoms with E-state index in [2.05, 4.69) is 15.3 Å². The number of anilines is 1. The predicted molar refractivity (Wildman–Crippen MR) is 71.2 cm³/mol. The van der Waals surface area contributed by atoms with E-state index in [1.54, 1.807) is 18.2 Å². The molecule has 7 heteroatoms. The van der Waals surface area contributed by atoms with Gasteiger partial charge in [0.05, 0.1) is 0 Å². The van der Waals surface area contributed by atoms with Gasteiger partial charge in [0.25, 0.3) is 5.91 Å². The number of carbonyl (C=O) groups excluding carboxylic acids is 1. The highest BCUT2D eigenvalue weighted by molar-refractivity contribution is 5.93. The molecule has 0 fully saturated rings. The highest BCUT2D eigenvalue weighted by Crippen LogP contribution is 2.28. The number of para-hydroxylation sites is 1. The van der Waals surface area contributed by atoms with Gasteiger partial charge in [-0.05, 0) is 11.6 Å². The summed E-state index contributed by atoms with van der Waals surface area (Å²) >= 11 is 0. The van der Waals surface area contributed by atoms with Crippen molar-refractivity contribution in [2.24, 2.45) is 0 Å². The van der Waals surface area contributed by atoms with E-state index < -0.39 is 6.10 Å². The molecule has 1 amide bonds. The summed E-state index contributed by atoms with van der Waals surface area (Å²) in [5.74, 6) is 0.370. The molecule has 2 aromatic rings. The Labute approximate surface area is 119 Å². The number of H-pyrrole nitrogens is 1. The number of fused-ring (bicyclic) bond motifs is 1. The van der Waals surface area contributed by atoms with E-state index in [0.717, 1.165) is 5.56 Å². The normalized spacial score (nSPS) is 15.4. The summed E-state index contributed by atoms with van der Waals surface area (Å²) in [6.45, 7) is 0. The molecule has 0 saturated carbocycles. The maximum absolute atomic E-state index is 12.1. The van der Waals surface area contributed by atoms with Crippen molar-refractivity contribution in [3.63, 3.8) is 0 Å². The van der Waals surface area contributed by atoms with Crippen LogP contribution in [0.25, 0.3) is 0 Å². The van der Waals surface area contributed by atoms with Gasteiger partial charge in [-0.25, -0.2) is 4.98 Å². The van der Waals surface area contributed by atoms with Crippen LogP contribution in [0.2, 0.25) is 0 Å². The van der Waals surface area contributed by atoms with E-state index in [9.17, 15) is 4.79 Å². The molecule has 1 aliphatic heterocycles. The topological polar surface area (TPSA) is 115 Å². The van der Waals surface area contributed by atoms with Gasteiger partial charge in [0.1, 0.15) is 17.9 Å². The summed E-state index contributed by atoms with van der Waals surface area (Å²) in [5.41, 5.74) is 0.930. The molecule has 1 aromatic heterocycles. The van der Waals surface area contributed by atoms with Crippen molar-refractivity contribution < 1.29 is 9.53 Å². The molecular formula is C14H9N5O2. The van der Waals surface area contributed by atoms with Crippen LogP contribution in [-0.2, 0) is 11.2 Å². The van der Waals surface area contributed by atoms with E-state index in [1.807, 2.05) is 18.2 Å². The van der Waals surface area contributed by atoms with E-state index in [0.29, 0.717) is 12.2 Å². The molecule has 1 aromatic carbocycles. The lowest BCUT2D eigenvalue weighted by Gasteiger charge is -2.09. The van der Waals surface area contributed by atoms with Gasteiger partial charge >= 0.3 is 0 Å². The van der Waals surface area contributed by atoms with Gasteiger partial charge in [0, 0.05) is 6.42 Å². The fourth-order valence-corrected chi connectivity index (χ4v) is 2.12. The van der Waals surface area contributed by atoms with Crippen LogP contribution in [-0.4, -0.2) is 22.0 Å². The van der Waals surface area contributed by atoms with Crippen molar-refractivity contribution >= 4 is 11.9 Å². The number of nitrogens with one attached hydrogen (secondary N) is 2. The average Bonchev–Trinajstić information content (AvgIpc) is 3.09. The Balaban J connectivity index is 1.73. The molecule has 0 saturated heterocycles. The molecule has 2 N–H and O–H groups in total. The highest BCUT2D eigenvalue weighted by Gasteiger charge is 2.29. The molecule has 0 bridgehead atoms. The largest absolute Gasteiger partial charge is 0.480 e. The standard InChI is InChI=1S/C14H9N5O2/c15-6-9-10(7-16)18-14(17-9)19-13(20)12-5-8-3-1-2-4-11(8)21-12/h1-4,12H,5H2,(H2,17,18,19,20). The lowest BCUT2D eigenvalue weighted by Crippen LogP contribution is -2.31. The SMILES string of the molecule is N#Cc1nc(NC(=O)C2Cc3ccccc3O2)[nH]c1C#N. The number of carbonyl (C=O) groups is 1. The van der Waals surface area contributed by atoms with Crippen molar-refractivity contribution in [3.8, 4) is 17.9 Å². The van der Waals surface area contributed by atoms with Gasteiger partial charge < -0.3 is 9.72 Å². The Morgan fingerprint density at radius 1 is 1.38 bits per heavy atom. The minimum atomic E-state index is -0.649. The summed E-state index contributed by atoms with van der Waals surface area (Å²) in [5, 5.41) is 20.1. The molecule has 0 spiro atoms. The van der Waals surface area contributed by atoms with Crippen LogP contribution in [0.4, 0.5) is 5.95 Å². The first kappa shape index (κ1) is 12.7. The van der Waals surface area contributed by atoms with Crippen molar-refractivity contribution in [2.75, 3.05) is 5.32 Å². The Kier molecular flexibility index (Phi) is 3.02. The molecule has 0 radical (unpaired) electrons. The summed E-state index contributed by atoms with van der Waals surface area (Å²) < 4.78 is 5.55. The quantitative estimate of drug-likeness (QED) is 0.854. The first-order valence-corrected chi connectivity index (χ1v) is 6.17. The first-order valence-electron chi connectivity index (χ1n) is 6.17. The number of nitriles is 2. The summed E-state index contributed by atoms with van der Waals surface area (Å²) in [4.78, 5) is 18.5. The predicted octanol–water partition coefficient (Wildman–Crippen LogP) is 1.10. The number of ether oxygens (including phenoxy) is 1. The Morgan fingerprint density at radius 3 is 2.86 bits per heavy atom. The molecule has 1 aliphatic rings. The number of amides is 1. The average molecular weight is 279 g/mol. The third-order valence-corrected chi connectivity index (χ3v) is 3.10. The van der Waals surface area contributed by atoms with Crippen LogP contribution in [0.5, 0.6) is 5.75 Å². The van der Waals surface area contributed by atoms with E-state index >= 15 is 0 Å². The van der Waals surface area contributed by atoms with E-state index in [-0.39, 0.29) is 23.2 Å². The number of aromatic nitrogens is 2. The van der Waals surface area contributed by atoms with Crippen molar-refractivity contribution in [3.05, 3.63) is 41.2 Å². The van der Waals surface area contributed by atoms with Crippen molar-refractivity contribution in [1.82, 2.24) is 9.97 Å². The fourth-order valence-electron chi connectivity index (χ4n) is 2.12. The third kappa shape index (κ3) is 2.28. The second-order valence-corrected chi connectivity index (χ2v) is 4.44. The molecule has 1 unspecified atom stereocenters. The monoisotopic (exact) mass is 279 g/mol. The Hall–Kier alpha value is -3.32. The summed E-state index contributed by atoms with van der Waals surface area (Å²) in [6, 6.07) is 11.0. The second-order valence-electron chi connectivity index (χ2n) is 4.44. The molecule has 7 nitrogen and oxygen atoms in total. The summed E-state index contributed by atoms with van der Waals surface area (Å²) in [7, 11) is 0. The van der Waals surface area contributed by atoms with Crippen LogP contribution in [0.15, 0.2) is 24.3 Å². The van der Waals surface area contributed by atoms with Crippen LogP contribution in [0, 0.1) is 22.7 Å². The lowest BCUT2D eigenvalue weighted by atomic mass is 10.1. The molecule has 2 heterocycles. The maximum atomic E-state index is 12.1. The molecule has 102 valence electrons. The van der Waals surface area contributed by atoms with Gasteiger partial charge in [0.2, 0.25) is 5.95 Å². The van der Waals surface area contributed by atoms with Crippen LogP contribution >= 0.6 is 0 Å². The van der Waals surface area contributed by atoms with Gasteiger partial charge in [0.15, 0.2) is 17.5 Å². The smallest absolute Gasteiger partial charge is 0.268 e. The highest BCUT2D eigenvalue weighted by atomic mass is 16.5. The second kappa shape index (κ2) is 4.99. The molecule has 21 heavy (non-hydrogen) atoms. The zero-order valence-corrected chi connectivity index (χ0v) is 10.8.